The van der Waals surface area contributed by atoms with Crippen molar-refractivity contribution in [2.75, 3.05) is 0 Å². The van der Waals surface area contributed by atoms with Crippen molar-refractivity contribution >= 4 is 67.7 Å². The summed E-state index contributed by atoms with van der Waals surface area (Å²) in [5.41, 5.74) is 2.80. The van der Waals surface area contributed by atoms with Gasteiger partial charge in [0.05, 0.1) is 0 Å². The Kier molecular flexibility index (Phi) is 11.8. The summed E-state index contributed by atoms with van der Waals surface area (Å²) in [5.74, 6) is 0.138. The molecule has 0 spiro atoms. The number of nitriles is 2. The monoisotopic (exact) mass is 638 g/mol. The number of thiophene rings is 1. The van der Waals surface area contributed by atoms with Gasteiger partial charge in [0.1, 0.15) is 0 Å². The third-order valence-corrected chi connectivity index (χ3v) is 11.7. The van der Waals surface area contributed by atoms with Gasteiger partial charge in [0.2, 0.25) is 0 Å². The van der Waals surface area contributed by atoms with Crippen LogP contribution >= 0.6 is 11.3 Å². The van der Waals surface area contributed by atoms with Gasteiger partial charge in [0, 0.05) is 0 Å². The van der Waals surface area contributed by atoms with Crippen LogP contribution in [0.4, 0.5) is 0 Å². The summed E-state index contributed by atoms with van der Waals surface area (Å²) in [6, 6.07) is 13.1. The topological polar surface area (TPSA) is 56.3 Å². The molecule has 0 fully saturated rings. The van der Waals surface area contributed by atoms with E-state index in [4.69, 9.17) is 13.1 Å². The number of hydrogen-bond acceptors (Lipinski definition) is 3. The third kappa shape index (κ3) is 7.15. The van der Waals surface area contributed by atoms with Crippen LogP contribution in [0.15, 0.2) is 24.3 Å². The Morgan fingerprint density at radius 1 is 0.714 bits per heavy atom. The second kappa shape index (κ2) is 15.7. The van der Waals surface area contributed by atoms with Crippen LogP contribution in [0.25, 0.3) is 51.6 Å². The fourth-order valence-corrected chi connectivity index (χ4v) is 9.41. The molecule has 4 nitrogen and oxygen atoms in total. The molecule has 0 unspecified atom stereocenters. The van der Waals surface area contributed by atoms with Crippen molar-refractivity contribution in [3.63, 3.8) is 0 Å². The zero-order valence-electron chi connectivity index (χ0n) is 24.8. The molecule has 0 saturated carbocycles. The molecule has 42 heavy (non-hydrogen) atoms. The number of aryl methyl sites for hydroxylation is 2. The van der Waals surface area contributed by atoms with E-state index in [0.717, 1.165) is 39.0 Å². The fourth-order valence-electron chi connectivity index (χ4n) is 5.80. The first-order valence-corrected chi connectivity index (χ1v) is 17.9. The Balaban J connectivity index is 1.91. The van der Waals surface area contributed by atoms with Crippen LogP contribution in [0.2, 0.25) is 0 Å². The summed E-state index contributed by atoms with van der Waals surface area (Å²) in [6.07, 6.45) is 16.7. The zero-order valence-corrected chi connectivity index (χ0v) is 27.3. The van der Waals surface area contributed by atoms with Crippen molar-refractivity contribution in [3.8, 4) is 12.1 Å². The van der Waals surface area contributed by atoms with Crippen LogP contribution in [-0.4, -0.2) is 14.5 Å². The van der Waals surface area contributed by atoms with E-state index in [1.54, 1.807) is 11.3 Å². The Hall–Kier alpha value is -3.38. The molecule has 214 valence electrons. The van der Waals surface area contributed by atoms with Crippen molar-refractivity contribution in [2.45, 2.75) is 104 Å². The maximum atomic E-state index is 9.66. The second-order valence-electron chi connectivity index (χ2n) is 11.1. The quantitative estimate of drug-likeness (QED) is 0.0787. The molecule has 0 atom stereocenters. The molecule has 2 aromatic carbocycles. The molecule has 0 aliphatic carbocycles. The minimum absolute atomic E-state index is 0.124. The molecule has 0 amide bonds. The summed E-state index contributed by atoms with van der Waals surface area (Å²) in [4.78, 5) is 7.07. The van der Waals surface area contributed by atoms with Gasteiger partial charge in [-0.3, -0.25) is 0 Å². The van der Waals surface area contributed by atoms with Crippen LogP contribution in [0, 0.1) is 35.8 Å². The van der Waals surface area contributed by atoms with Crippen LogP contribution in [-0.2, 0) is 12.8 Å². The van der Waals surface area contributed by atoms with Crippen LogP contribution in [0.1, 0.15) is 102 Å². The molecule has 2 aromatic heterocycles. The van der Waals surface area contributed by atoms with Crippen LogP contribution in [0.3, 0.4) is 0 Å². The first-order chi connectivity index (χ1) is 20.6. The average Bonchev–Trinajstić information content (AvgIpc) is 3.64. The molecule has 6 heteroatoms. The maximum absolute atomic E-state index is 9.66. The number of rotatable bonds is 14. The molecule has 0 aliphatic heterocycles. The van der Waals surface area contributed by atoms with E-state index in [1.165, 1.54) is 101 Å². The molecule has 0 radical (unpaired) electrons. The van der Waals surface area contributed by atoms with E-state index < -0.39 is 0 Å². The first-order valence-electron chi connectivity index (χ1n) is 15.3. The number of unbranched alkanes of at least 4 members (excludes halogenated alkanes) is 10. The summed E-state index contributed by atoms with van der Waals surface area (Å²) in [6.45, 7) is 19.6. The minimum atomic E-state index is -0.124. The van der Waals surface area contributed by atoms with Gasteiger partial charge >= 0.3 is 261 Å². The molecule has 2 heterocycles. The van der Waals surface area contributed by atoms with Gasteiger partial charge in [-0.05, 0) is 0 Å². The van der Waals surface area contributed by atoms with Crippen molar-refractivity contribution in [3.05, 3.63) is 66.9 Å². The molecule has 0 aliphatic rings. The van der Waals surface area contributed by atoms with Crippen molar-refractivity contribution < 1.29 is 0 Å². The van der Waals surface area contributed by atoms with Gasteiger partial charge in [0.25, 0.3) is 0 Å². The van der Waals surface area contributed by atoms with Crippen molar-refractivity contribution in [2.24, 2.45) is 0 Å². The summed E-state index contributed by atoms with van der Waals surface area (Å²) < 4.78 is 4.06. The van der Waals surface area contributed by atoms with E-state index in [2.05, 4.69) is 59.9 Å². The second-order valence-corrected chi connectivity index (χ2v) is 14.3. The van der Waals surface area contributed by atoms with Crippen molar-refractivity contribution in [1.82, 2.24) is 0 Å². The van der Waals surface area contributed by atoms with E-state index in [0.29, 0.717) is 0 Å². The fraction of sp³-hybridized carbons (Fsp3) is 0.444. The van der Waals surface area contributed by atoms with Gasteiger partial charge in [-0.25, -0.2) is 0 Å². The number of nitrogens with zero attached hydrogens (tertiary/aromatic N) is 4. The molecule has 0 N–H and O–H groups in total. The average molecular weight is 638 g/mol. The number of benzene rings is 2. The first kappa shape index (κ1) is 31.6. The Morgan fingerprint density at radius 3 is 1.83 bits per heavy atom. The Labute approximate surface area is 260 Å². The number of hydrogen-bond donors (Lipinski definition) is 0. The summed E-state index contributed by atoms with van der Waals surface area (Å²) in [5, 5.41) is 24.1. The predicted octanol–water partition coefficient (Wildman–Crippen LogP) is 9.17. The predicted molar refractivity (Wildman–Crippen MR) is 178 cm³/mol. The molecule has 0 saturated heterocycles. The SMILES string of the molecule is [C-]#[N+]C([N+]#[C-])=c1cc2c(CCCCCCCC)cc3c(cc(CCCCCCCC)c4cc(=C(C#N)C#N)[se]c43)c2s1. The zero-order chi connectivity index (χ0) is 29.9. The summed E-state index contributed by atoms with van der Waals surface area (Å²) >= 11 is 1.45. The van der Waals surface area contributed by atoms with Gasteiger partial charge in [-0.1, -0.05) is 0 Å². The molecule has 0 bridgehead atoms. The van der Waals surface area contributed by atoms with E-state index in [9.17, 15) is 10.5 Å². The van der Waals surface area contributed by atoms with Gasteiger partial charge < -0.3 is 0 Å². The standard InChI is InChI=1S/C36H38N4SSe/c1-5-7-9-11-13-15-17-25-20-31-30(34-28(25)21-32(41-34)36(39-3)40-4)19-26(18-16-14-12-10-8-6-2)29-22-33(42-35(29)31)27(23-37)24-38/h19-22H,5-18H2,1-2H3. The molecular formula is C36H38N4SSe. The van der Waals surface area contributed by atoms with E-state index in [-0.39, 0.29) is 25.9 Å². The molecule has 4 aromatic rings. The molecule has 4 rings (SSSR count). The van der Waals surface area contributed by atoms with Gasteiger partial charge in [0.15, 0.2) is 0 Å². The van der Waals surface area contributed by atoms with E-state index in [1.807, 2.05) is 0 Å². The van der Waals surface area contributed by atoms with Crippen LogP contribution in [0.5, 0.6) is 0 Å². The number of fused-ring (bicyclic) bond motifs is 5. The third-order valence-electron chi connectivity index (χ3n) is 8.07. The van der Waals surface area contributed by atoms with Gasteiger partial charge in [-0.15, -0.1) is 0 Å². The normalized spacial score (nSPS) is 10.9. The van der Waals surface area contributed by atoms with Gasteiger partial charge in [-0.2, -0.15) is 0 Å². The molecular weight excluding hydrogens is 599 g/mol. The van der Waals surface area contributed by atoms with Crippen LogP contribution < -0.4 is 8.62 Å². The van der Waals surface area contributed by atoms with Crippen molar-refractivity contribution in [1.29, 1.82) is 10.5 Å². The summed E-state index contributed by atoms with van der Waals surface area (Å²) in [7, 11) is 0. The van der Waals surface area contributed by atoms with E-state index >= 15 is 0 Å². The Morgan fingerprint density at radius 2 is 1.26 bits per heavy atom. The Bertz CT molecular complexity index is 1690.